The van der Waals surface area contributed by atoms with Crippen LogP contribution in [-0.4, -0.2) is 11.9 Å². The summed E-state index contributed by atoms with van der Waals surface area (Å²) in [5.41, 5.74) is 2.44. The van der Waals surface area contributed by atoms with Crippen LogP contribution in [0.1, 0.15) is 54.0 Å². The minimum Gasteiger partial charge on any atom is -0.465 e. The molecule has 4 nitrogen and oxygen atoms in total. The highest BCUT2D eigenvalue weighted by Gasteiger charge is 2.20. The molecule has 1 aromatic heterocycles. The summed E-state index contributed by atoms with van der Waals surface area (Å²) in [6.07, 6.45) is 6.46. The molecule has 1 fully saturated rings. The number of carbonyl (C=O) groups excluding carboxylic acids is 1. The van der Waals surface area contributed by atoms with Crippen LogP contribution >= 0.6 is 15.9 Å². The van der Waals surface area contributed by atoms with Gasteiger partial charge in [-0.05, 0) is 66.9 Å². The van der Waals surface area contributed by atoms with Gasteiger partial charge in [-0.1, -0.05) is 19.3 Å². The summed E-state index contributed by atoms with van der Waals surface area (Å²) in [5, 5.41) is 6.51. The number of anilines is 2. The van der Waals surface area contributed by atoms with Gasteiger partial charge in [0.05, 0.1) is 10.0 Å². The summed E-state index contributed by atoms with van der Waals surface area (Å²) in [6.45, 7) is 3.63. The smallest absolute Gasteiger partial charge is 0.260 e. The third-order valence-electron chi connectivity index (χ3n) is 4.53. The van der Waals surface area contributed by atoms with Crippen LogP contribution in [-0.2, 0) is 0 Å². The minimum atomic E-state index is -0.163. The van der Waals surface area contributed by atoms with Gasteiger partial charge in [-0.3, -0.25) is 4.79 Å². The summed E-state index contributed by atoms with van der Waals surface area (Å²) in [5.74, 6) is 1.17. The fraction of sp³-hybridized carbons (Fsp3) is 0.421. The maximum Gasteiger partial charge on any atom is 0.260 e. The SMILES string of the molecule is Cc1oc(C)c(C(=O)Nc2ccc(NC3CCCCC3)cc2)c1Br. The molecular weight excluding hydrogens is 368 g/mol. The minimum absolute atomic E-state index is 0.163. The fourth-order valence-electron chi connectivity index (χ4n) is 3.24. The molecule has 0 radical (unpaired) electrons. The van der Waals surface area contributed by atoms with Gasteiger partial charge in [0, 0.05) is 17.4 Å². The lowest BCUT2D eigenvalue weighted by Crippen LogP contribution is -2.22. The number of nitrogens with one attached hydrogen (secondary N) is 2. The van der Waals surface area contributed by atoms with Crippen molar-refractivity contribution in [3.8, 4) is 0 Å². The first kappa shape index (κ1) is 17.1. The summed E-state index contributed by atoms with van der Waals surface area (Å²) < 4.78 is 6.21. The number of rotatable bonds is 4. The molecule has 5 heteroatoms. The Labute approximate surface area is 151 Å². The molecule has 1 aliphatic rings. The van der Waals surface area contributed by atoms with Crippen LogP contribution in [0.15, 0.2) is 33.2 Å². The number of aryl methyl sites for hydroxylation is 2. The maximum atomic E-state index is 12.5. The maximum absolute atomic E-state index is 12.5. The normalized spacial score (nSPS) is 15.3. The van der Waals surface area contributed by atoms with Crippen molar-refractivity contribution in [1.82, 2.24) is 0 Å². The van der Waals surface area contributed by atoms with E-state index in [0.29, 0.717) is 27.6 Å². The Morgan fingerprint density at radius 2 is 1.67 bits per heavy atom. The molecule has 1 aliphatic carbocycles. The van der Waals surface area contributed by atoms with Gasteiger partial charge >= 0.3 is 0 Å². The average Bonchev–Trinajstić information content (AvgIpc) is 2.83. The van der Waals surface area contributed by atoms with Gasteiger partial charge < -0.3 is 15.1 Å². The molecule has 1 amide bonds. The Morgan fingerprint density at radius 1 is 1.04 bits per heavy atom. The van der Waals surface area contributed by atoms with Crippen molar-refractivity contribution in [3.63, 3.8) is 0 Å². The van der Waals surface area contributed by atoms with E-state index in [1.165, 1.54) is 32.1 Å². The summed E-state index contributed by atoms with van der Waals surface area (Å²) in [7, 11) is 0. The molecule has 128 valence electrons. The molecule has 2 N–H and O–H groups in total. The summed E-state index contributed by atoms with van der Waals surface area (Å²) >= 11 is 3.42. The van der Waals surface area contributed by atoms with Gasteiger partial charge in [0.2, 0.25) is 0 Å². The Balaban J connectivity index is 1.64. The third-order valence-corrected chi connectivity index (χ3v) is 5.49. The van der Waals surface area contributed by atoms with E-state index in [1.807, 2.05) is 31.2 Å². The van der Waals surface area contributed by atoms with Crippen LogP contribution in [0.2, 0.25) is 0 Å². The molecule has 0 aliphatic heterocycles. The lowest BCUT2D eigenvalue weighted by molar-refractivity contribution is 0.102. The monoisotopic (exact) mass is 390 g/mol. The van der Waals surface area contributed by atoms with Crippen molar-refractivity contribution in [2.45, 2.75) is 52.0 Å². The van der Waals surface area contributed by atoms with E-state index in [9.17, 15) is 4.79 Å². The van der Waals surface area contributed by atoms with E-state index in [0.717, 1.165) is 11.4 Å². The molecule has 24 heavy (non-hydrogen) atoms. The molecule has 1 aromatic carbocycles. The van der Waals surface area contributed by atoms with E-state index in [-0.39, 0.29) is 5.91 Å². The van der Waals surface area contributed by atoms with Crippen molar-refractivity contribution in [2.24, 2.45) is 0 Å². The van der Waals surface area contributed by atoms with Crippen LogP contribution in [0.5, 0.6) is 0 Å². The molecule has 1 heterocycles. The van der Waals surface area contributed by atoms with E-state index >= 15 is 0 Å². The van der Waals surface area contributed by atoms with E-state index in [1.54, 1.807) is 6.92 Å². The van der Waals surface area contributed by atoms with Crippen LogP contribution < -0.4 is 10.6 Å². The third kappa shape index (κ3) is 3.83. The van der Waals surface area contributed by atoms with Gasteiger partial charge in [-0.2, -0.15) is 0 Å². The topological polar surface area (TPSA) is 54.3 Å². The van der Waals surface area contributed by atoms with Gasteiger partial charge in [0.1, 0.15) is 11.5 Å². The lowest BCUT2D eigenvalue weighted by Gasteiger charge is -2.23. The molecule has 2 aromatic rings. The quantitative estimate of drug-likeness (QED) is 0.708. The van der Waals surface area contributed by atoms with Gasteiger partial charge in [-0.15, -0.1) is 0 Å². The molecule has 3 rings (SSSR count). The van der Waals surface area contributed by atoms with Crippen LogP contribution in [0.25, 0.3) is 0 Å². The van der Waals surface area contributed by atoms with Crippen LogP contribution in [0, 0.1) is 13.8 Å². The lowest BCUT2D eigenvalue weighted by atomic mass is 9.95. The first-order valence-corrected chi connectivity index (χ1v) is 9.27. The first-order chi connectivity index (χ1) is 11.5. The van der Waals surface area contributed by atoms with E-state index < -0.39 is 0 Å². The van der Waals surface area contributed by atoms with E-state index in [4.69, 9.17) is 4.42 Å². The van der Waals surface area contributed by atoms with Crippen LogP contribution in [0.3, 0.4) is 0 Å². The second kappa shape index (κ2) is 7.43. The molecule has 0 unspecified atom stereocenters. The largest absolute Gasteiger partial charge is 0.465 e. The van der Waals surface area contributed by atoms with Crippen molar-refractivity contribution in [1.29, 1.82) is 0 Å². The number of halogens is 1. The van der Waals surface area contributed by atoms with Gasteiger partial charge in [0.15, 0.2) is 0 Å². The Hall–Kier alpha value is -1.75. The van der Waals surface area contributed by atoms with Gasteiger partial charge in [-0.25, -0.2) is 0 Å². The first-order valence-electron chi connectivity index (χ1n) is 8.48. The molecule has 0 bridgehead atoms. The highest BCUT2D eigenvalue weighted by molar-refractivity contribution is 9.10. The number of benzene rings is 1. The highest BCUT2D eigenvalue weighted by Crippen LogP contribution is 2.28. The van der Waals surface area contributed by atoms with Crippen molar-refractivity contribution >= 4 is 33.2 Å². The zero-order chi connectivity index (χ0) is 17.1. The van der Waals surface area contributed by atoms with Gasteiger partial charge in [0.25, 0.3) is 5.91 Å². The Bertz CT molecular complexity index is 716. The molecule has 0 saturated heterocycles. The zero-order valence-corrected chi connectivity index (χ0v) is 15.7. The average molecular weight is 391 g/mol. The second-order valence-electron chi connectivity index (χ2n) is 6.41. The molecular formula is C19H23BrN2O2. The second-order valence-corrected chi connectivity index (χ2v) is 7.21. The Kier molecular flexibility index (Phi) is 5.29. The summed E-state index contributed by atoms with van der Waals surface area (Å²) in [4.78, 5) is 12.5. The predicted octanol–water partition coefficient (Wildman–Crippen LogP) is 5.66. The molecule has 0 atom stereocenters. The predicted molar refractivity (Wildman–Crippen MR) is 101 cm³/mol. The molecule has 0 spiro atoms. The summed E-state index contributed by atoms with van der Waals surface area (Å²) in [6, 6.07) is 8.48. The van der Waals surface area contributed by atoms with Crippen molar-refractivity contribution in [3.05, 3.63) is 45.8 Å². The highest BCUT2D eigenvalue weighted by atomic mass is 79.9. The Morgan fingerprint density at radius 3 is 2.25 bits per heavy atom. The van der Waals surface area contributed by atoms with Crippen LogP contribution in [0.4, 0.5) is 11.4 Å². The zero-order valence-electron chi connectivity index (χ0n) is 14.1. The van der Waals surface area contributed by atoms with Crippen molar-refractivity contribution in [2.75, 3.05) is 10.6 Å². The number of carbonyl (C=O) groups is 1. The number of hydrogen-bond donors (Lipinski definition) is 2. The number of furan rings is 1. The van der Waals surface area contributed by atoms with Crippen molar-refractivity contribution < 1.29 is 9.21 Å². The number of amides is 1. The molecule has 1 saturated carbocycles. The fourth-order valence-corrected chi connectivity index (χ4v) is 3.78. The standard InChI is InChI=1S/C19H23BrN2O2/c1-12-17(18(20)13(2)24-12)19(23)22-16-10-8-15(9-11-16)21-14-6-4-3-5-7-14/h8-11,14,21H,3-7H2,1-2H3,(H,22,23). The number of hydrogen-bond acceptors (Lipinski definition) is 3. The van der Waals surface area contributed by atoms with E-state index in [2.05, 4.69) is 26.6 Å².